The van der Waals surface area contributed by atoms with Gasteiger partial charge < -0.3 is 20.3 Å². The molecule has 7 nitrogen and oxygen atoms in total. The monoisotopic (exact) mass is 489 g/mol. The standard InChI is InChI=1S/C29H35N3O4/c1-19-7-5-12-26(27(19)33)32-18-21-15-20(13-14-25(21)28(32)34)17-30-29(35)31-22-8-6-11-24(16-22)36-23-9-3-2-4-10-23/h6,8,11,13-16,19,23,26H,2-5,7,9-10,12,17-18H2,1H3,(H2,30,31,35). The van der Waals surface area contributed by atoms with Crippen molar-refractivity contribution in [3.63, 3.8) is 0 Å². The van der Waals surface area contributed by atoms with Gasteiger partial charge in [0.1, 0.15) is 5.75 Å². The van der Waals surface area contributed by atoms with Crippen molar-refractivity contribution in [2.75, 3.05) is 5.32 Å². The van der Waals surface area contributed by atoms with Crippen molar-refractivity contribution < 1.29 is 19.1 Å². The molecule has 3 amide bonds. The summed E-state index contributed by atoms with van der Waals surface area (Å²) in [5.41, 5.74) is 3.17. The zero-order chi connectivity index (χ0) is 25.1. The maximum absolute atomic E-state index is 13.0. The quantitative estimate of drug-likeness (QED) is 0.566. The number of hydrogen-bond donors (Lipinski definition) is 2. The number of amides is 3. The Morgan fingerprint density at radius 1 is 1.00 bits per heavy atom. The predicted molar refractivity (Wildman–Crippen MR) is 138 cm³/mol. The van der Waals surface area contributed by atoms with Crippen molar-refractivity contribution in [2.45, 2.75) is 83.5 Å². The van der Waals surface area contributed by atoms with Crippen molar-refractivity contribution in [1.29, 1.82) is 0 Å². The Kier molecular flexibility index (Phi) is 7.25. The first-order chi connectivity index (χ1) is 17.5. The molecule has 0 radical (unpaired) electrons. The molecular formula is C29H35N3O4. The lowest BCUT2D eigenvalue weighted by Gasteiger charge is -2.32. The average molecular weight is 490 g/mol. The highest BCUT2D eigenvalue weighted by Gasteiger charge is 2.39. The third-order valence-corrected chi connectivity index (χ3v) is 7.71. The van der Waals surface area contributed by atoms with Crippen molar-refractivity contribution in [3.8, 4) is 5.75 Å². The first-order valence-corrected chi connectivity index (χ1v) is 13.3. The van der Waals surface area contributed by atoms with Gasteiger partial charge in [0.25, 0.3) is 5.91 Å². The summed E-state index contributed by atoms with van der Waals surface area (Å²) >= 11 is 0. The van der Waals surface area contributed by atoms with E-state index in [2.05, 4.69) is 10.6 Å². The minimum atomic E-state index is -0.321. The number of urea groups is 1. The van der Waals surface area contributed by atoms with Crippen molar-refractivity contribution in [2.24, 2.45) is 5.92 Å². The summed E-state index contributed by atoms with van der Waals surface area (Å²) in [5.74, 6) is 0.899. The van der Waals surface area contributed by atoms with E-state index in [0.29, 0.717) is 24.3 Å². The first kappa shape index (κ1) is 24.3. The van der Waals surface area contributed by atoms with Gasteiger partial charge in [0, 0.05) is 36.3 Å². The van der Waals surface area contributed by atoms with Gasteiger partial charge in [-0.05, 0) is 67.9 Å². The Hall–Kier alpha value is -3.35. The minimum Gasteiger partial charge on any atom is -0.490 e. The van der Waals surface area contributed by atoms with E-state index in [-0.39, 0.29) is 35.8 Å². The maximum Gasteiger partial charge on any atom is 0.319 e. The number of carbonyl (C=O) groups excluding carboxylic acids is 3. The number of Topliss-reactive ketones (excluding diaryl/α,β-unsaturated/α-hetero) is 1. The highest BCUT2D eigenvalue weighted by atomic mass is 16.5. The van der Waals surface area contributed by atoms with Crippen LogP contribution < -0.4 is 15.4 Å². The van der Waals surface area contributed by atoms with Gasteiger partial charge in [0.05, 0.1) is 12.1 Å². The molecule has 0 bridgehead atoms. The largest absolute Gasteiger partial charge is 0.490 e. The molecule has 0 saturated heterocycles. The minimum absolute atomic E-state index is 0.0121. The Morgan fingerprint density at radius 2 is 1.83 bits per heavy atom. The Morgan fingerprint density at radius 3 is 2.67 bits per heavy atom. The fraction of sp³-hybridized carbons (Fsp3) is 0.483. The molecule has 2 aromatic rings. The van der Waals surface area contributed by atoms with Crippen LogP contribution in [-0.4, -0.2) is 34.8 Å². The second-order valence-corrected chi connectivity index (χ2v) is 10.4. The van der Waals surface area contributed by atoms with Crippen LogP contribution in [0.1, 0.15) is 79.8 Å². The SMILES string of the molecule is CC1CCCC(N2Cc3cc(CNC(=O)Nc4cccc(OC5CCCCC5)c4)ccc3C2=O)C1=O. The van der Waals surface area contributed by atoms with Crippen LogP contribution in [0.5, 0.6) is 5.75 Å². The number of carbonyl (C=O) groups is 3. The van der Waals surface area contributed by atoms with E-state index < -0.39 is 0 Å². The average Bonchev–Trinajstić information content (AvgIpc) is 3.20. The van der Waals surface area contributed by atoms with Crippen LogP contribution >= 0.6 is 0 Å². The van der Waals surface area contributed by atoms with E-state index in [1.165, 1.54) is 19.3 Å². The van der Waals surface area contributed by atoms with Crippen LogP contribution in [0.2, 0.25) is 0 Å². The third kappa shape index (κ3) is 5.40. The van der Waals surface area contributed by atoms with Gasteiger partial charge in [0.15, 0.2) is 5.78 Å². The number of ketones is 1. The van der Waals surface area contributed by atoms with Gasteiger partial charge >= 0.3 is 6.03 Å². The van der Waals surface area contributed by atoms with Crippen LogP contribution in [0, 0.1) is 5.92 Å². The molecule has 0 spiro atoms. The summed E-state index contributed by atoms with van der Waals surface area (Å²) in [7, 11) is 0. The van der Waals surface area contributed by atoms with Crippen LogP contribution in [0.25, 0.3) is 0 Å². The summed E-state index contributed by atoms with van der Waals surface area (Å²) in [6, 6.07) is 12.5. The molecule has 3 aliphatic rings. The molecular weight excluding hydrogens is 454 g/mol. The van der Waals surface area contributed by atoms with Crippen molar-refractivity contribution in [1.82, 2.24) is 10.2 Å². The Bertz CT molecular complexity index is 1140. The smallest absolute Gasteiger partial charge is 0.319 e. The topological polar surface area (TPSA) is 87.7 Å². The van der Waals surface area contributed by atoms with Gasteiger partial charge in [-0.1, -0.05) is 38.0 Å². The summed E-state index contributed by atoms with van der Waals surface area (Å²) in [5, 5.41) is 5.77. The van der Waals surface area contributed by atoms with Gasteiger partial charge in [-0.3, -0.25) is 9.59 Å². The van der Waals surface area contributed by atoms with Gasteiger partial charge in [-0.15, -0.1) is 0 Å². The number of rotatable bonds is 6. The molecule has 1 aliphatic heterocycles. The van der Waals surface area contributed by atoms with E-state index in [1.54, 1.807) is 4.90 Å². The van der Waals surface area contributed by atoms with E-state index in [0.717, 1.165) is 49.0 Å². The van der Waals surface area contributed by atoms with E-state index in [4.69, 9.17) is 4.74 Å². The summed E-state index contributed by atoms with van der Waals surface area (Å²) in [4.78, 5) is 39.9. The number of ether oxygens (including phenoxy) is 1. The molecule has 2 atom stereocenters. The molecule has 2 aliphatic carbocycles. The van der Waals surface area contributed by atoms with Crippen LogP contribution in [-0.2, 0) is 17.9 Å². The maximum atomic E-state index is 13.0. The number of nitrogens with one attached hydrogen (secondary N) is 2. The highest BCUT2D eigenvalue weighted by Crippen LogP contribution is 2.32. The molecule has 2 fully saturated rings. The zero-order valence-electron chi connectivity index (χ0n) is 20.9. The lowest BCUT2D eigenvalue weighted by Crippen LogP contribution is -2.45. The highest BCUT2D eigenvalue weighted by molar-refractivity contribution is 6.02. The molecule has 2 unspecified atom stereocenters. The van der Waals surface area contributed by atoms with Gasteiger partial charge in [-0.25, -0.2) is 4.79 Å². The molecule has 36 heavy (non-hydrogen) atoms. The second-order valence-electron chi connectivity index (χ2n) is 10.4. The molecule has 190 valence electrons. The lowest BCUT2D eigenvalue weighted by atomic mass is 9.85. The molecule has 2 saturated carbocycles. The molecule has 0 aromatic heterocycles. The summed E-state index contributed by atoms with van der Waals surface area (Å²) in [6.07, 6.45) is 8.72. The predicted octanol–water partition coefficient (Wildman–Crippen LogP) is 5.43. The van der Waals surface area contributed by atoms with Gasteiger partial charge in [-0.2, -0.15) is 0 Å². The van der Waals surface area contributed by atoms with E-state index >= 15 is 0 Å². The fourth-order valence-corrected chi connectivity index (χ4v) is 5.68. The normalized spacial score (nSPS) is 22.3. The van der Waals surface area contributed by atoms with Gasteiger partial charge in [0.2, 0.25) is 0 Å². The molecule has 2 N–H and O–H groups in total. The van der Waals surface area contributed by atoms with Crippen LogP contribution in [0.3, 0.4) is 0 Å². The fourth-order valence-electron chi connectivity index (χ4n) is 5.68. The van der Waals surface area contributed by atoms with Crippen molar-refractivity contribution >= 4 is 23.4 Å². The molecule has 7 heteroatoms. The van der Waals surface area contributed by atoms with E-state index in [9.17, 15) is 14.4 Å². The van der Waals surface area contributed by atoms with Crippen LogP contribution in [0.4, 0.5) is 10.5 Å². The molecule has 1 heterocycles. The van der Waals surface area contributed by atoms with Crippen molar-refractivity contribution in [3.05, 3.63) is 59.2 Å². The number of nitrogens with zero attached hydrogens (tertiary/aromatic N) is 1. The van der Waals surface area contributed by atoms with Crippen LogP contribution in [0.15, 0.2) is 42.5 Å². The summed E-state index contributed by atoms with van der Waals surface area (Å²) in [6.45, 7) is 2.74. The number of fused-ring (bicyclic) bond motifs is 1. The first-order valence-electron chi connectivity index (χ1n) is 13.3. The second kappa shape index (κ2) is 10.7. The molecule has 2 aromatic carbocycles. The lowest BCUT2D eigenvalue weighted by molar-refractivity contribution is -0.129. The summed E-state index contributed by atoms with van der Waals surface area (Å²) < 4.78 is 6.10. The molecule has 5 rings (SSSR count). The van der Waals surface area contributed by atoms with E-state index in [1.807, 2.05) is 49.4 Å². The Labute approximate surface area is 212 Å². The number of anilines is 1. The zero-order valence-corrected chi connectivity index (χ0v) is 20.9. The Balaban J connectivity index is 1.15. The third-order valence-electron chi connectivity index (χ3n) is 7.71. The number of benzene rings is 2. The number of hydrogen-bond acceptors (Lipinski definition) is 4.